The number of carbonyl (C=O) groups excluding carboxylic acids is 3. The average molecular weight is 395 g/mol. The highest BCUT2D eigenvalue weighted by Crippen LogP contribution is 2.33. The predicted molar refractivity (Wildman–Crippen MR) is 107 cm³/mol. The van der Waals surface area contributed by atoms with Gasteiger partial charge < -0.3 is 15.4 Å². The van der Waals surface area contributed by atoms with Gasteiger partial charge in [0.1, 0.15) is 5.00 Å². The standard InChI is InChI=1S/C20H30N2O4S/c1-10-8-7-9-16(11(10)2)22-18(24)13(4)26-20(25)17-12(3)14(5)27-19(17)21-15(6)23/h10-11,13,16H,7-9H2,1-6H3,(H,21,23)(H,22,24)/t10-,11+,13+,16+/m0/s1. The Morgan fingerprint density at radius 1 is 1.19 bits per heavy atom. The van der Waals surface area contributed by atoms with E-state index >= 15 is 0 Å². The largest absolute Gasteiger partial charge is 0.449 e. The smallest absolute Gasteiger partial charge is 0.342 e. The minimum absolute atomic E-state index is 0.113. The number of amides is 2. The molecule has 1 fully saturated rings. The number of rotatable bonds is 5. The molecule has 2 rings (SSSR count). The van der Waals surface area contributed by atoms with Crippen molar-refractivity contribution in [1.82, 2.24) is 5.32 Å². The maximum Gasteiger partial charge on any atom is 0.342 e. The van der Waals surface area contributed by atoms with Gasteiger partial charge >= 0.3 is 5.97 Å². The van der Waals surface area contributed by atoms with E-state index in [2.05, 4.69) is 24.5 Å². The van der Waals surface area contributed by atoms with Gasteiger partial charge in [0.05, 0.1) is 5.56 Å². The van der Waals surface area contributed by atoms with E-state index in [1.54, 1.807) is 6.92 Å². The first-order valence-electron chi connectivity index (χ1n) is 9.50. The maximum absolute atomic E-state index is 12.7. The Hall–Kier alpha value is -1.89. The Morgan fingerprint density at radius 2 is 1.85 bits per heavy atom. The zero-order valence-electron chi connectivity index (χ0n) is 17.0. The third-order valence-corrected chi connectivity index (χ3v) is 6.69. The van der Waals surface area contributed by atoms with E-state index in [4.69, 9.17) is 4.74 Å². The molecule has 0 spiro atoms. The van der Waals surface area contributed by atoms with Crippen molar-refractivity contribution in [2.24, 2.45) is 11.8 Å². The quantitative estimate of drug-likeness (QED) is 0.744. The molecule has 0 unspecified atom stereocenters. The molecule has 0 radical (unpaired) electrons. The van der Waals surface area contributed by atoms with Crippen molar-refractivity contribution in [3.05, 3.63) is 16.0 Å². The van der Waals surface area contributed by atoms with Gasteiger partial charge in [-0.05, 0) is 44.6 Å². The molecule has 0 aromatic carbocycles. The second-order valence-corrected chi connectivity index (χ2v) is 8.82. The molecule has 27 heavy (non-hydrogen) atoms. The second kappa shape index (κ2) is 8.87. The summed E-state index contributed by atoms with van der Waals surface area (Å²) < 4.78 is 5.42. The predicted octanol–water partition coefficient (Wildman–Crippen LogP) is 3.81. The van der Waals surface area contributed by atoms with E-state index in [0.717, 1.165) is 23.3 Å². The molecule has 1 aliphatic rings. The van der Waals surface area contributed by atoms with Crippen LogP contribution in [0.2, 0.25) is 0 Å². The molecule has 0 saturated heterocycles. The monoisotopic (exact) mass is 394 g/mol. The van der Waals surface area contributed by atoms with Gasteiger partial charge in [0.15, 0.2) is 6.10 Å². The van der Waals surface area contributed by atoms with E-state index < -0.39 is 12.1 Å². The molecule has 0 bridgehead atoms. The third kappa shape index (κ3) is 5.09. The van der Waals surface area contributed by atoms with Crippen molar-refractivity contribution < 1.29 is 19.1 Å². The molecule has 0 aliphatic heterocycles. The first kappa shape index (κ1) is 21.4. The number of aryl methyl sites for hydroxylation is 1. The summed E-state index contributed by atoms with van der Waals surface area (Å²) >= 11 is 1.33. The summed E-state index contributed by atoms with van der Waals surface area (Å²) in [6.07, 6.45) is 2.33. The summed E-state index contributed by atoms with van der Waals surface area (Å²) in [4.78, 5) is 37.5. The minimum atomic E-state index is -0.897. The zero-order chi connectivity index (χ0) is 20.3. The van der Waals surface area contributed by atoms with Crippen LogP contribution < -0.4 is 10.6 Å². The van der Waals surface area contributed by atoms with Crippen LogP contribution in [0.3, 0.4) is 0 Å². The van der Waals surface area contributed by atoms with E-state index in [9.17, 15) is 14.4 Å². The van der Waals surface area contributed by atoms with E-state index in [0.29, 0.717) is 22.4 Å². The number of carbonyl (C=O) groups is 3. The summed E-state index contributed by atoms with van der Waals surface area (Å²) in [5.41, 5.74) is 1.09. The van der Waals surface area contributed by atoms with Crippen LogP contribution in [0.1, 0.15) is 67.8 Å². The van der Waals surface area contributed by atoms with Gasteiger partial charge in [-0.2, -0.15) is 0 Å². The molecule has 1 heterocycles. The highest BCUT2D eigenvalue weighted by molar-refractivity contribution is 7.16. The topological polar surface area (TPSA) is 84.5 Å². The van der Waals surface area contributed by atoms with Crippen LogP contribution in [0.15, 0.2) is 0 Å². The zero-order valence-corrected chi connectivity index (χ0v) is 17.8. The molecule has 1 aliphatic carbocycles. The highest BCUT2D eigenvalue weighted by atomic mass is 32.1. The second-order valence-electron chi connectivity index (χ2n) is 7.60. The Labute approximate surface area is 165 Å². The SMILES string of the molecule is CC(=O)Nc1sc(C)c(C)c1C(=O)O[C@H](C)C(=O)N[C@@H]1CCC[C@H](C)[C@H]1C. The normalized spacial score (nSPS) is 23.4. The molecule has 1 aromatic heterocycles. The summed E-state index contributed by atoms with van der Waals surface area (Å²) in [6, 6.07) is 0.113. The van der Waals surface area contributed by atoms with Crippen LogP contribution in [0.25, 0.3) is 0 Å². The van der Waals surface area contributed by atoms with Crippen molar-refractivity contribution in [3.63, 3.8) is 0 Å². The Morgan fingerprint density at radius 3 is 2.48 bits per heavy atom. The van der Waals surface area contributed by atoms with Crippen LogP contribution in [0, 0.1) is 25.7 Å². The van der Waals surface area contributed by atoms with Crippen molar-refractivity contribution in [3.8, 4) is 0 Å². The van der Waals surface area contributed by atoms with Gasteiger partial charge in [0.2, 0.25) is 5.91 Å². The summed E-state index contributed by atoms with van der Waals surface area (Å²) in [5, 5.41) is 6.17. The molecule has 4 atom stereocenters. The molecule has 150 valence electrons. The van der Waals surface area contributed by atoms with E-state index in [1.807, 2.05) is 13.8 Å². The van der Waals surface area contributed by atoms with E-state index in [1.165, 1.54) is 24.7 Å². The van der Waals surface area contributed by atoms with Gasteiger partial charge in [0.25, 0.3) is 5.91 Å². The molecule has 2 amide bonds. The molecule has 6 nitrogen and oxygen atoms in total. The molecule has 7 heteroatoms. The fourth-order valence-electron chi connectivity index (χ4n) is 3.48. The Kier molecular flexibility index (Phi) is 7.03. The Balaban J connectivity index is 2.05. The van der Waals surface area contributed by atoms with Crippen molar-refractivity contribution >= 4 is 34.1 Å². The number of esters is 1. The number of ether oxygens (including phenoxy) is 1. The number of nitrogens with one attached hydrogen (secondary N) is 2. The van der Waals surface area contributed by atoms with E-state index in [-0.39, 0.29) is 17.9 Å². The third-order valence-electron chi connectivity index (χ3n) is 5.57. The number of hydrogen-bond donors (Lipinski definition) is 2. The minimum Gasteiger partial charge on any atom is -0.449 e. The lowest BCUT2D eigenvalue weighted by atomic mass is 9.78. The maximum atomic E-state index is 12.7. The molecular weight excluding hydrogens is 364 g/mol. The van der Waals surface area contributed by atoms with Gasteiger partial charge in [0, 0.05) is 17.8 Å². The van der Waals surface area contributed by atoms with Crippen molar-refractivity contribution in [1.29, 1.82) is 0 Å². The fourth-order valence-corrected chi connectivity index (χ4v) is 4.57. The molecule has 1 saturated carbocycles. The van der Waals surface area contributed by atoms with Crippen LogP contribution in [0.5, 0.6) is 0 Å². The average Bonchev–Trinajstić information content (AvgIpc) is 2.85. The van der Waals surface area contributed by atoms with Gasteiger partial charge in [-0.3, -0.25) is 9.59 Å². The lowest BCUT2D eigenvalue weighted by Crippen LogP contribution is -2.47. The summed E-state index contributed by atoms with van der Waals surface area (Å²) in [7, 11) is 0. The molecule has 2 N–H and O–H groups in total. The fraction of sp³-hybridized carbons (Fsp3) is 0.650. The summed E-state index contributed by atoms with van der Waals surface area (Å²) in [5.74, 6) is -0.151. The van der Waals surface area contributed by atoms with Gasteiger partial charge in [-0.1, -0.05) is 26.7 Å². The number of anilines is 1. The van der Waals surface area contributed by atoms with Gasteiger partial charge in [-0.25, -0.2) is 4.79 Å². The van der Waals surface area contributed by atoms with Crippen molar-refractivity contribution in [2.45, 2.75) is 73.0 Å². The van der Waals surface area contributed by atoms with Gasteiger partial charge in [-0.15, -0.1) is 11.3 Å². The van der Waals surface area contributed by atoms with Crippen LogP contribution in [0.4, 0.5) is 5.00 Å². The lowest BCUT2D eigenvalue weighted by molar-refractivity contribution is -0.130. The van der Waals surface area contributed by atoms with Crippen LogP contribution >= 0.6 is 11.3 Å². The molecular formula is C20H30N2O4S. The number of hydrogen-bond acceptors (Lipinski definition) is 5. The van der Waals surface area contributed by atoms with Crippen LogP contribution in [-0.2, 0) is 14.3 Å². The lowest BCUT2D eigenvalue weighted by Gasteiger charge is -2.35. The summed E-state index contributed by atoms with van der Waals surface area (Å²) in [6.45, 7) is 11.0. The van der Waals surface area contributed by atoms with Crippen molar-refractivity contribution in [2.75, 3.05) is 5.32 Å². The first-order chi connectivity index (χ1) is 12.6. The molecule has 1 aromatic rings. The first-order valence-corrected chi connectivity index (χ1v) is 10.3. The highest BCUT2D eigenvalue weighted by Gasteiger charge is 2.31. The van der Waals surface area contributed by atoms with Crippen LogP contribution in [-0.4, -0.2) is 29.9 Å². The Bertz CT molecular complexity index is 728. The number of thiophene rings is 1.